The van der Waals surface area contributed by atoms with Crippen LogP contribution in [-0.2, 0) is 4.74 Å². The third-order valence-corrected chi connectivity index (χ3v) is 3.85. The highest BCUT2D eigenvalue weighted by Crippen LogP contribution is 2.24. The van der Waals surface area contributed by atoms with Gasteiger partial charge in [0.1, 0.15) is 0 Å². The molecule has 0 unspecified atom stereocenters. The fourth-order valence-electron chi connectivity index (χ4n) is 1.80. The second-order valence-electron chi connectivity index (χ2n) is 4.02. The van der Waals surface area contributed by atoms with E-state index in [1.807, 2.05) is 6.92 Å². The number of ketones is 1. The lowest BCUT2D eigenvalue weighted by molar-refractivity contribution is 0.0904. The zero-order valence-corrected chi connectivity index (χ0v) is 10.4. The molecule has 1 aliphatic rings. The second-order valence-corrected chi connectivity index (χ2v) is 5.02. The summed E-state index contributed by atoms with van der Waals surface area (Å²) >= 11 is 1.45. The van der Waals surface area contributed by atoms with Crippen molar-refractivity contribution in [2.24, 2.45) is 0 Å². The SMILES string of the molecule is CC(=O)c1sc(NC2CCOCC2)nc1C. The molecule has 1 aromatic heterocycles. The van der Waals surface area contributed by atoms with Gasteiger partial charge in [0.25, 0.3) is 0 Å². The lowest BCUT2D eigenvalue weighted by atomic mass is 10.1. The number of thiazole rings is 1. The van der Waals surface area contributed by atoms with Crippen LogP contribution in [0.1, 0.15) is 35.1 Å². The Morgan fingerprint density at radius 1 is 1.50 bits per heavy atom. The van der Waals surface area contributed by atoms with Crippen molar-refractivity contribution in [1.29, 1.82) is 0 Å². The van der Waals surface area contributed by atoms with Crippen LogP contribution in [0, 0.1) is 6.92 Å². The highest BCUT2D eigenvalue weighted by Gasteiger charge is 2.17. The molecule has 2 rings (SSSR count). The van der Waals surface area contributed by atoms with Crippen LogP contribution >= 0.6 is 11.3 Å². The first-order valence-corrected chi connectivity index (χ1v) is 6.31. The van der Waals surface area contributed by atoms with E-state index >= 15 is 0 Å². The molecular formula is C11H16N2O2S. The van der Waals surface area contributed by atoms with Gasteiger partial charge in [0.05, 0.1) is 10.6 Å². The Kier molecular flexibility index (Phi) is 3.56. The Morgan fingerprint density at radius 2 is 2.19 bits per heavy atom. The van der Waals surface area contributed by atoms with Crippen molar-refractivity contribution in [3.8, 4) is 0 Å². The van der Waals surface area contributed by atoms with Crippen molar-refractivity contribution in [3.63, 3.8) is 0 Å². The molecule has 16 heavy (non-hydrogen) atoms. The molecule has 0 saturated carbocycles. The largest absolute Gasteiger partial charge is 0.381 e. The average Bonchev–Trinajstić information content (AvgIpc) is 2.61. The summed E-state index contributed by atoms with van der Waals surface area (Å²) in [5.74, 6) is 0.0926. The molecule has 0 radical (unpaired) electrons. The summed E-state index contributed by atoms with van der Waals surface area (Å²) in [5, 5.41) is 4.23. The summed E-state index contributed by atoms with van der Waals surface area (Å²) < 4.78 is 5.29. The van der Waals surface area contributed by atoms with E-state index in [0.29, 0.717) is 6.04 Å². The first kappa shape index (κ1) is 11.5. The molecule has 1 aromatic rings. The third-order valence-electron chi connectivity index (χ3n) is 2.67. The number of Topliss-reactive ketones (excluding diaryl/α,β-unsaturated/α-hetero) is 1. The maximum Gasteiger partial charge on any atom is 0.183 e. The zero-order valence-electron chi connectivity index (χ0n) is 9.58. The summed E-state index contributed by atoms with van der Waals surface area (Å²) in [6, 6.07) is 0.430. The molecule has 0 spiro atoms. The summed E-state index contributed by atoms with van der Waals surface area (Å²) in [6.07, 6.45) is 2.02. The normalized spacial score (nSPS) is 17.4. The summed E-state index contributed by atoms with van der Waals surface area (Å²) in [6.45, 7) is 5.07. The number of hydrogen-bond donors (Lipinski definition) is 1. The van der Waals surface area contributed by atoms with Crippen LogP contribution in [0.25, 0.3) is 0 Å². The van der Waals surface area contributed by atoms with Gasteiger partial charge in [-0.05, 0) is 19.8 Å². The van der Waals surface area contributed by atoms with Gasteiger partial charge in [-0.1, -0.05) is 11.3 Å². The van der Waals surface area contributed by atoms with Gasteiger partial charge in [0.2, 0.25) is 0 Å². The minimum atomic E-state index is 0.0926. The van der Waals surface area contributed by atoms with Crippen LogP contribution in [0.5, 0.6) is 0 Å². The van der Waals surface area contributed by atoms with E-state index in [4.69, 9.17) is 4.74 Å². The van der Waals surface area contributed by atoms with Crippen molar-refractivity contribution in [1.82, 2.24) is 4.98 Å². The lowest BCUT2D eigenvalue weighted by Crippen LogP contribution is -2.27. The van der Waals surface area contributed by atoms with Crippen LogP contribution in [0.15, 0.2) is 0 Å². The number of carbonyl (C=O) groups excluding carboxylic acids is 1. The molecule has 1 N–H and O–H groups in total. The molecule has 0 bridgehead atoms. The number of carbonyl (C=O) groups is 1. The van der Waals surface area contributed by atoms with Gasteiger partial charge in [0, 0.05) is 26.2 Å². The van der Waals surface area contributed by atoms with Crippen LogP contribution in [-0.4, -0.2) is 30.0 Å². The van der Waals surface area contributed by atoms with Gasteiger partial charge >= 0.3 is 0 Å². The number of ether oxygens (including phenoxy) is 1. The molecule has 1 fully saturated rings. The predicted molar refractivity (Wildman–Crippen MR) is 64.3 cm³/mol. The molecule has 0 amide bonds. The molecule has 2 heterocycles. The number of aryl methyl sites for hydroxylation is 1. The maximum atomic E-state index is 11.3. The molecule has 1 saturated heterocycles. The van der Waals surface area contributed by atoms with Crippen molar-refractivity contribution >= 4 is 22.3 Å². The number of nitrogens with zero attached hydrogens (tertiary/aromatic N) is 1. The quantitative estimate of drug-likeness (QED) is 0.823. The average molecular weight is 240 g/mol. The number of aromatic nitrogens is 1. The van der Waals surface area contributed by atoms with Crippen molar-refractivity contribution in [3.05, 3.63) is 10.6 Å². The molecule has 0 atom stereocenters. The topological polar surface area (TPSA) is 51.2 Å². The first-order valence-electron chi connectivity index (χ1n) is 5.49. The maximum absolute atomic E-state index is 11.3. The molecule has 4 nitrogen and oxygen atoms in total. The lowest BCUT2D eigenvalue weighted by Gasteiger charge is -2.22. The monoisotopic (exact) mass is 240 g/mol. The molecule has 0 aromatic carbocycles. The fraction of sp³-hybridized carbons (Fsp3) is 0.636. The first-order chi connectivity index (χ1) is 7.66. The van der Waals surface area contributed by atoms with E-state index in [1.165, 1.54) is 11.3 Å². The predicted octanol–water partition coefficient (Wildman–Crippen LogP) is 2.25. The van der Waals surface area contributed by atoms with E-state index in [2.05, 4.69) is 10.3 Å². The number of rotatable bonds is 3. The van der Waals surface area contributed by atoms with Crippen LogP contribution in [0.3, 0.4) is 0 Å². The fourth-order valence-corrected chi connectivity index (χ4v) is 2.74. The summed E-state index contributed by atoms with van der Waals surface area (Å²) in [7, 11) is 0. The Hall–Kier alpha value is -0.940. The van der Waals surface area contributed by atoms with E-state index < -0.39 is 0 Å². The van der Waals surface area contributed by atoms with Gasteiger partial charge in [-0.15, -0.1) is 0 Å². The van der Waals surface area contributed by atoms with Crippen LogP contribution < -0.4 is 5.32 Å². The highest BCUT2D eigenvalue weighted by molar-refractivity contribution is 7.17. The minimum Gasteiger partial charge on any atom is -0.381 e. The van der Waals surface area contributed by atoms with E-state index in [9.17, 15) is 4.79 Å². The number of nitrogens with one attached hydrogen (secondary N) is 1. The van der Waals surface area contributed by atoms with E-state index in [1.54, 1.807) is 6.92 Å². The Morgan fingerprint density at radius 3 is 2.75 bits per heavy atom. The standard InChI is InChI=1S/C11H16N2O2S/c1-7-10(8(2)14)16-11(12-7)13-9-3-5-15-6-4-9/h9H,3-6H2,1-2H3,(H,12,13). The summed E-state index contributed by atoms with van der Waals surface area (Å²) in [4.78, 5) is 16.4. The number of hydrogen-bond acceptors (Lipinski definition) is 5. The van der Waals surface area contributed by atoms with Crippen LogP contribution in [0.4, 0.5) is 5.13 Å². The van der Waals surface area contributed by atoms with Crippen molar-refractivity contribution < 1.29 is 9.53 Å². The van der Waals surface area contributed by atoms with Crippen LogP contribution in [0.2, 0.25) is 0 Å². The van der Waals surface area contributed by atoms with Gasteiger partial charge in [-0.3, -0.25) is 4.79 Å². The van der Waals surface area contributed by atoms with Crippen molar-refractivity contribution in [2.45, 2.75) is 32.7 Å². The highest BCUT2D eigenvalue weighted by atomic mass is 32.1. The summed E-state index contributed by atoms with van der Waals surface area (Å²) in [5.41, 5.74) is 0.826. The third kappa shape index (κ3) is 2.59. The zero-order chi connectivity index (χ0) is 11.5. The van der Waals surface area contributed by atoms with E-state index in [0.717, 1.165) is 41.8 Å². The van der Waals surface area contributed by atoms with Gasteiger partial charge < -0.3 is 10.1 Å². The van der Waals surface area contributed by atoms with E-state index in [-0.39, 0.29) is 5.78 Å². The molecular weight excluding hydrogens is 224 g/mol. The van der Waals surface area contributed by atoms with Crippen molar-refractivity contribution in [2.75, 3.05) is 18.5 Å². The molecule has 1 aliphatic heterocycles. The molecule has 0 aliphatic carbocycles. The molecule has 5 heteroatoms. The number of anilines is 1. The second kappa shape index (κ2) is 4.93. The molecule has 88 valence electrons. The Balaban J connectivity index is 2.03. The Bertz CT molecular complexity index is 383. The van der Waals surface area contributed by atoms with Gasteiger partial charge in [0.15, 0.2) is 10.9 Å². The minimum absolute atomic E-state index is 0.0926. The smallest absolute Gasteiger partial charge is 0.183 e. The Labute approximate surface area is 99.0 Å². The van der Waals surface area contributed by atoms with Gasteiger partial charge in [-0.2, -0.15) is 0 Å². The van der Waals surface area contributed by atoms with Gasteiger partial charge in [-0.25, -0.2) is 4.98 Å².